The van der Waals surface area contributed by atoms with E-state index in [2.05, 4.69) is 0 Å². The van der Waals surface area contributed by atoms with Gasteiger partial charge in [-0.1, -0.05) is 6.07 Å². The zero-order valence-corrected chi connectivity index (χ0v) is 9.80. The van der Waals surface area contributed by atoms with Gasteiger partial charge in [0.1, 0.15) is 11.4 Å². The van der Waals surface area contributed by atoms with Crippen molar-refractivity contribution in [1.29, 1.82) is 0 Å². The third-order valence-electron chi connectivity index (χ3n) is 1.62. The van der Waals surface area contributed by atoms with Crippen molar-refractivity contribution < 1.29 is 19.2 Å². The second-order valence-corrected chi connectivity index (χ2v) is 4.32. The molecule has 6 heteroatoms. The number of hydrogen-bond donors (Lipinski definition) is 0. The molecule has 0 fully saturated rings. The number of hydrogen-bond acceptors (Lipinski definition) is 5. The molecule has 0 heterocycles. The predicted octanol–water partition coefficient (Wildman–Crippen LogP) is 2.91. The second-order valence-electron chi connectivity index (χ2n) is 4.32. The van der Waals surface area contributed by atoms with E-state index < -0.39 is 16.7 Å². The first-order valence-corrected chi connectivity index (χ1v) is 4.93. The van der Waals surface area contributed by atoms with Gasteiger partial charge in [-0.05, 0) is 26.8 Å². The summed E-state index contributed by atoms with van der Waals surface area (Å²) in [6.07, 6.45) is -0.891. The standard InChI is InChI=1S/C11H13NO5/c1-11(2,3)17-10(13)16-9-6-4-5-8(7-9)12(14)15/h4-7H,1-3H3. The molecule has 0 saturated heterocycles. The number of rotatable bonds is 2. The van der Waals surface area contributed by atoms with Crippen molar-refractivity contribution in [2.24, 2.45) is 0 Å². The number of carbonyl (C=O) groups excluding carboxylic acids is 1. The van der Waals surface area contributed by atoms with Crippen molar-refractivity contribution >= 4 is 11.8 Å². The Morgan fingerprint density at radius 2 is 2.00 bits per heavy atom. The Hall–Kier alpha value is -2.11. The van der Waals surface area contributed by atoms with Gasteiger partial charge in [0, 0.05) is 6.07 Å². The molecule has 0 radical (unpaired) electrons. The molecule has 0 spiro atoms. The fourth-order valence-electron chi connectivity index (χ4n) is 1.03. The molecule has 1 aromatic rings. The monoisotopic (exact) mass is 239 g/mol. The number of carbonyl (C=O) groups is 1. The van der Waals surface area contributed by atoms with E-state index >= 15 is 0 Å². The zero-order valence-electron chi connectivity index (χ0n) is 9.80. The van der Waals surface area contributed by atoms with Gasteiger partial charge in [0.15, 0.2) is 0 Å². The van der Waals surface area contributed by atoms with E-state index in [1.165, 1.54) is 18.2 Å². The van der Waals surface area contributed by atoms with Crippen LogP contribution in [-0.2, 0) is 4.74 Å². The first kappa shape index (κ1) is 13.0. The van der Waals surface area contributed by atoms with E-state index in [0.29, 0.717) is 0 Å². The SMILES string of the molecule is CC(C)(C)OC(=O)Oc1cccc([N+](=O)[O-])c1. The zero-order chi connectivity index (χ0) is 13.1. The summed E-state index contributed by atoms with van der Waals surface area (Å²) in [5.74, 6) is 0.0773. The minimum atomic E-state index is -0.891. The molecular formula is C11H13NO5. The van der Waals surface area contributed by atoms with Crippen LogP contribution < -0.4 is 4.74 Å². The highest BCUT2D eigenvalue weighted by Gasteiger charge is 2.18. The maximum Gasteiger partial charge on any atom is 0.514 e. The highest BCUT2D eigenvalue weighted by Crippen LogP contribution is 2.20. The average molecular weight is 239 g/mol. The van der Waals surface area contributed by atoms with Gasteiger partial charge in [-0.2, -0.15) is 0 Å². The molecule has 0 aliphatic carbocycles. The summed E-state index contributed by atoms with van der Waals surface area (Å²) in [5, 5.41) is 10.5. The van der Waals surface area contributed by atoms with Gasteiger partial charge < -0.3 is 9.47 Å². The van der Waals surface area contributed by atoms with Gasteiger partial charge in [0.05, 0.1) is 11.0 Å². The van der Waals surface area contributed by atoms with Crippen LogP contribution in [0.25, 0.3) is 0 Å². The van der Waals surface area contributed by atoms with Crippen LogP contribution >= 0.6 is 0 Å². The minimum absolute atomic E-state index is 0.0773. The number of nitro groups is 1. The summed E-state index contributed by atoms with van der Waals surface area (Å²) in [6.45, 7) is 5.09. The van der Waals surface area contributed by atoms with Crippen molar-refractivity contribution in [3.05, 3.63) is 34.4 Å². The lowest BCUT2D eigenvalue weighted by Gasteiger charge is -2.18. The highest BCUT2D eigenvalue weighted by atomic mass is 16.7. The molecular weight excluding hydrogens is 226 g/mol. The molecule has 0 unspecified atom stereocenters. The lowest BCUT2D eigenvalue weighted by Crippen LogP contribution is -2.25. The Bertz CT molecular complexity index is 436. The summed E-state index contributed by atoms with van der Waals surface area (Å²) < 4.78 is 9.73. The molecule has 1 rings (SSSR count). The number of nitrogens with zero attached hydrogens (tertiary/aromatic N) is 1. The minimum Gasteiger partial charge on any atom is -0.428 e. The number of ether oxygens (including phenoxy) is 2. The van der Waals surface area contributed by atoms with E-state index in [4.69, 9.17) is 9.47 Å². The average Bonchev–Trinajstić information content (AvgIpc) is 2.14. The van der Waals surface area contributed by atoms with Gasteiger partial charge in [-0.25, -0.2) is 4.79 Å². The molecule has 0 saturated carbocycles. The molecule has 0 amide bonds. The van der Waals surface area contributed by atoms with Crippen LogP contribution in [0.3, 0.4) is 0 Å². The van der Waals surface area contributed by atoms with Gasteiger partial charge in [0.25, 0.3) is 5.69 Å². The van der Waals surface area contributed by atoms with Crippen LogP contribution in [0, 0.1) is 10.1 Å². The highest BCUT2D eigenvalue weighted by molar-refractivity contribution is 5.64. The van der Waals surface area contributed by atoms with Crippen LogP contribution in [0.15, 0.2) is 24.3 Å². The number of non-ortho nitro benzene ring substituents is 1. The van der Waals surface area contributed by atoms with Crippen molar-refractivity contribution in [2.45, 2.75) is 26.4 Å². The van der Waals surface area contributed by atoms with Gasteiger partial charge in [-0.3, -0.25) is 10.1 Å². The molecule has 1 aromatic carbocycles. The van der Waals surface area contributed by atoms with Crippen molar-refractivity contribution in [3.8, 4) is 5.75 Å². The molecule has 17 heavy (non-hydrogen) atoms. The normalized spacial score (nSPS) is 10.8. The third-order valence-corrected chi connectivity index (χ3v) is 1.62. The Balaban J connectivity index is 2.72. The summed E-state index contributed by atoms with van der Waals surface area (Å²) >= 11 is 0. The van der Waals surface area contributed by atoms with Crippen LogP contribution in [0.5, 0.6) is 5.75 Å². The molecule has 0 aliphatic rings. The fraction of sp³-hybridized carbons (Fsp3) is 0.364. The van der Waals surface area contributed by atoms with E-state index in [0.717, 1.165) is 6.07 Å². The maximum atomic E-state index is 11.3. The molecule has 0 aliphatic heterocycles. The van der Waals surface area contributed by atoms with E-state index in [1.807, 2.05) is 0 Å². The van der Waals surface area contributed by atoms with Crippen LogP contribution in [0.4, 0.5) is 10.5 Å². The Labute approximate surface area is 98.3 Å². The maximum absolute atomic E-state index is 11.3. The van der Waals surface area contributed by atoms with Crippen molar-refractivity contribution in [2.75, 3.05) is 0 Å². The first-order chi connectivity index (χ1) is 7.78. The Morgan fingerprint density at radius 3 is 2.53 bits per heavy atom. The number of benzene rings is 1. The summed E-state index contributed by atoms with van der Waals surface area (Å²) in [5.41, 5.74) is -0.816. The lowest BCUT2D eigenvalue weighted by molar-refractivity contribution is -0.384. The Morgan fingerprint density at radius 1 is 1.35 bits per heavy atom. The molecule has 0 atom stereocenters. The van der Waals surface area contributed by atoms with Crippen LogP contribution in [0.2, 0.25) is 0 Å². The van der Waals surface area contributed by atoms with Crippen LogP contribution in [0.1, 0.15) is 20.8 Å². The van der Waals surface area contributed by atoms with Gasteiger partial charge in [-0.15, -0.1) is 0 Å². The molecule has 0 bridgehead atoms. The quantitative estimate of drug-likeness (QED) is 0.343. The molecule has 0 aromatic heterocycles. The van der Waals surface area contributed by atoms with E-state index in [9.17, 15) is 14.9 Å². The fourth-order valence-corrected chi connectivity index (χ4v) is 1.03. The molecule has 6 nitrogen and oxygen atoms in total. The van der Waals surface area contributed by atoms with E-state index in [1.54, 1.807) is 20.8 Å². The summed E-state index contributed by atoms with van der Waals surface area (Å²) in [4.78, 5) is 21.2. The largest absolute Gasteiger partial charge is 0.514 e. The molecule has 0 N–H and O–H groups in total. The predicted molar refractivity (Wildman–Crippen MR) is 60.0 cm³/mol. The van der Waals surface area contributed by atoms with Crippen LogP contribution in [-0.4, -0.2) is 16.7 Å². The smallest absolute Gasteiger partial charge is 0.428 e. The van der Waals surface area contributed by atoms with E-state index in [-0.39, 0.29) is 11.4 Å². The lowest BCUT2D eigenvalue weighted by atomic mass is 10.2. The topological polar surface area (TPSA) is 78.7 Å². The molecule has 92 valence electrons. The van der Waals surface area contributed by atoms with Gasteiger partial charge in [0.2, 0.25) is 0 Å². The third kappa shape index (κ3) is 4.50. The Kier molecular flexibility index (Phi) is 3.67. The first-order valence-electron chi connectivity index (χ1n) is 4.93. The number of nitro benzene ring substituents is 1. The van der Waals surface area contributed by atoms with Crippen molar-refractivity contribution in [3.63, 3.8) is 0 Å². The van der Waals surface area contributed by atoms with Crippen molar-refractivity contribution in [1.82, 2.24) is 0 Å². The van der Waals surface area contributed by atoms with Gasteiger partial charge >= 0.3 is 6.16 Å². The summed E-state index contributed by atoms with van der Waals surface area (Å²) in [6, 6.07) is 5.33. The second kappa shape index (κ2) is 4.82. The summed E-state index contributed by atoms with van der Waals surface area (Å²) in [7, 11) is 0.